The van der Waals surface area contributed by atoms with Crippen molar-refractivity contribution in [2.24, 2.45) is 0 Å². The summed E-state index contributed by atoms with van der Waals surface area (Å²) in [5, 5.41) is 16.2. The van der Waals surface area contributed by atoms with E-state index in [4.69, 9.17) is 4.52 Å². The van der Waals surface area contributed by atoms with Crippen LogP contribution in [0.5, 0.6) is 0 Å². The summed E-state index contributed by atoms with van der Waals surface area (Å²) >= 11 is 0. The predicted octanol–water partition coefficient (Wildman–Crippen LogP) is 4.50. The van der Waals surface area contributed by atoms with Crippen molar-refractivity contribution in [1.82, 2.24) is 5.16 Å². The van der Waals surface area contributed by atoms with Gasteiger partial charge in [0.1, 0.15) is 5.76 Å². The topological polar surface area (TPSA) is 88.1 Å². The first-order chi connectivity index (χ1) is 12.9. The van der Waals surface area contributed by atoms with Gasteiger partial charge in [0.15, 0.2) is 5.82 Å². The first-order valence-corrected chi connectivity index (χ1v) is 8.07. The molecule has 0 aliphatic heterocycles. The minimum atomic E-state index is -0.765. The fourth-order valence-corrected chi connectivity index (χ4v) is 2.86. The van der Waals surface area contributed by atoms with Gasteiger partial charge in [-0.1, -0.05) is 11.2 Å². The van der Waals surface area contributed by atoms with Crippen LogP contribution in [0.1, 0.15) is 27.4 Å². The van der Waals surface area contributed by atoms with Gasteiger partial charge in [0, 0.05) is 11.3 Å². The molecule has 0 unspecified atom stereocenters. The number of carbonyl (C=O) groups is 1. The van der Waals surface area contributed by atoms with Gasteiger partial charge in [-0.15, -0.1) is 0 Å². The number of esters is 1. The second-order valence-corrected chi connectivity index (χ2v) is 5.89. The van der Waals surface area contributed by atoms with E-state index in [9.17, 15) is 14.4 Å². The third-order valence-electron chi connectivity index (χ3n) is 4.07. The van der Waals surface area contributed by atoms with Crippen molar-refractivity contribution in [2.45, 2.75) is 13.8 Å². The molecule has 0 spiro atoms. The Morgan fingerprint density at radius 3 is 2.70 bits per heavy atom. The van der Waals surface area contributed by atoms with Crippen molar-refractivity contribution >= 4 is 17.3 Å². The van der Waals surface area contributed by atoms with Crippen LogP contribution < -0.4 is 5.32 Å². The van der Waals surface area contributed by atoms with Crippen LogP contribution in [-0.2, 0) is 4.74 Å². The Kier molecular flexibility index (Phi) is 4.90. The summed E-state index contributed by atoms with van der Waals surface area (Å²) in [7, 11) is 1.19. The number of aryl methyl sites for hydroxylation is 2. The molecule has 1 heterocycles. The number of nitrogens with zero attached hydrogens (tertiary/aromatic N) is 2. The van der Waals surface area contributed by atoms with Crippen molar-refractivity contribution in [1.29, 1.82) is 5.26 Å². The Morgan fingerprint density at radius 1 is 1.30 bits per heavy atom. The van der Waals surface area contributed by atoms with E-state index < -0.39 is 11.8 Å². The van der Waals surface area contributed by atoms with Gasteiger partial charge in [-0.3, -0.25) is 0 Å². The molecule has 0 fully saturated rings. The smallest absolute Gasteiger partial charge is 0.340 e. The third kappa shape index (κ3) is 3.51. The fourth-order valence-electron chi connectivity index (χ4n) is 2.86. The number of methoxy groups -OCH3 is 1. The maximum Gasteiger partial charge on any atom is 0.340 e. The van der Waals surface area contributed by atoms with Crippen LogP contribution in [0.3, 0.4) is 0 Å². The molecule has 7 heteroatoms. The molecular formula is C20H16FN3O3. The summed E-state index contributed by atoms with van der Waals surface area (Å²) in [6.45, 7) is 3.58. The van der Waals surface area contributed by atoms with Crippen LogP contribution in [0.15, 0.2) is 40.9 Å². The number of ether oxygens (including phenoxy) is 1. The van der Waals surface area contributed by atoms with Crippen LogP contribution in [0.2, 0.25) is 0 Å². The van der Waals surface area contributed by atoms with Crippen molar-refractivity contribution in [3.63, 3.8) is 0 Å². The average molecular weight is 365 g/mol. The Labute approximate surface area is 155 Å². The van der Waals surface area contributed by atoms with Crippen LogP contribution in [0.25, 0.3) is 11.1 Å². The van der Waals surface area contributed by atoms with E-state index >= 15 is 0 Å². The number of nitriles is 1. The van der Waals surface area contributed by atoms with Crippen LogP contribution in [0, 0.1) is 31.0 Å². The molecule has 2 aromatic carbocycles. The lowest BCUT2D eigenvalue weighted by molar-refractivity contribution is 0.0595. The van der Waals surface area contributed by atoms with Gasteiger partial charge in [0.2, 0.25) is 0 Å². The first kappa shape index (κ1) is 18.1. The Bertz CT molecular complexity index is 1050. The van der Waals surface area contributed by atoms with Crippen LogP contribution >= 0.6 is 0 Å². The molecule has 136 valence electrons. The number of benzene rings is 2. The van der Waals surface area contributed by atoms with Gasteiger partial charge in [0.05, 0.1) is 35.7 Å². The summed E-state index contributed by atoms with van der Waals surface area (Å²) in [4.78, 5) is 11.7. The molecule has 3 aromatic rings. The quantitative estimate of drug-likeness (QED) is 0.685. The monoisotopic (exact) mass is 365 g/mol. The second-order valence-electron chi connectivity index (χ2n) is 5.89. The van der Waals surface area contributed by atoms with Crippen molar-refractivity contribution in [2.75, 3.05) is 12.4 Å². The van der Waals surface area contributed by atoms with E-state index in [0.29, 0.717) is 22.7 Å². The number of anilines is 2. The van der Waals surface area contributed by atoms with E-state index in [1.165, 1.54) is 19.2 Å². The van der Waals surface area contributed by atoms with E-state index in [-0.39, 0.29) is 11.3 Å². The van der Waals surface area contributed by atoms with E-state index in [1.807, 2.05) is 0 Å². The number of aromatic nitrogens is 1. The lowest BCUT2D eigenvalue weighted by Gasteiger charge is -2.12. The molecule has 0 saturated carbocycles. The van der Waals surface area contributed by atoms with Crippen molar-refractivity contribution in [3.8, 4) is 17.2 Å². The number of hydrogen-bond donors (Lipinski definition) is 1. The van der Waals surface area contributed by atoms with Gasteiger partial charge < -0.3 is 14.6 Å². The van der Waals surface area contributed by atoms with E-state index in [1.54, 1.807) is 38.1 Å². The molecule has 1 N–H and O–H groups in total. The normalized spacial score (nSPS) is 10.3. The summed E-state index contributed by atoms with van der Waals surface area (Å²) in [6.07, 6.45) is 0. The first-order valence-electron chi connectivity index (χ1n) is 8.07. The van der Waals surface area contributed by atoms with Gasteiger partial charge in [-0.25, -0.2) is 9.18 Å². The second kappa shape index (κ2) is 7.30. The molecule has 1 aromatic heterocycles. The highest BCUT2D eigenvalue weighted by atomic mass is 19.1. The van der Waals surface area contributed by atoms with E-state index in [0.717, 1.165) is 11.1 Å². The largest absolute Gasteiger partial charge is 0.465 e. The highest BCUT2D eigenvalue weighted by molar-refractivity contribution is 5.91. The standard InChI is InChI=1S/C20H16FN3O3/c1-11-18(12(2)27-24-11)14-7-13(10-22)8-15(9-14)23-17-6-4-5-16(19(17)21)20(25)26-3/h4-9,23H,1-3H3. The Morgan fingerprint density at radius 2 is 2.07 bits per heavy atom. The Hall–Kier alpha value is -3.66. The lowest BCUT2D eigenvalue weighted by atomic mass is 10.0. The number of hydrogen-bond acceptors (Lipinski definition) is 6. The van der Waals surface area contributed by atoms with Crippen molar-refractivity contribution in [3.05, 3.63) is 64.8 Å². The number of halogens is 1. The predicted molar refractivity (Wildman–Crippen MR) is 97.2 cm³/mol. The van der Waals surface area contributed by atoms with Gasteiger partial charge in [-0.05, 0) is 49.7 Å². The van der Waals surface area contributed by atoms with Gasteiger partial charge in [-0.2, -0.15) is 5.26 Å². The summed E-state index contributed by atoms with van der Waals surface area (Å²) in [5.41, 5.74) is 2.98. The highest BCUT2D eigenvalue weighted by Gasteiger charge is 2.17. The molecule has 0 aliphatic rings. The third-order valence-corrected chi connectivity index (χ3v) is 4.07. The number of carbonyl (C=O) groups excluding carboxylic acids is 1. The maximum atomic E-state index is 14.6. The minimum absolute atomic E-state index is 0.0951. The molecule has 3 rings (SSSR count). The molecular weight excluding hydrogens is 349 g/mol. The summed E-state index contributed by atoms with van der Waals surface area (Å²) in [5.74, 6) is -0.878. The van der Waals surface area contributed by atoms with Gasteiger partial charge in [0.25, 0.3) is 0 Å². The zero-order chi connectivity index (χ0) is 19.6. The van der Waals surface area contributed by atoms with Gasteiger partial charge >= 0.3 is 5.97 Å². The van der Waals surface area contributed by atoms with Crippen LogP contribution in [-0.4, -0.2) is 18.2 Å². The average Bonchev–Trinajstić information content (AvgIpc) is 3.00. The number of rotatable bonds is 4. The Balaban J connectivity index is 2.05. The van der Waals surface area contributed by atoms with Crippen molar-refractivity contribution < 1.29 is 18.4 Å². The summed E-state index contributed by atoms with van der Waals surface area (Å²) < 4.78 is 24.4. The number of nitrogens with one attached hydrogen (secondary N) is 1. The minimum Gasteiger partial charge on any atom is -0.465 e. The molecule has 0 radical (unpaired) electrons. The van der Waals surface area contributed by atoms with E-state index in [2.05, 4.69) is 21.3 Å². The zero-order valence-electron chi connectivity index (χ0n) is 15.0. The summed E-state index contributed by atoms with van der Waals surface area (Å²) in [6, 6.07) is 11.5. The zero-order valence-corrected chi connectivity index (χ0v) is 15.0. The molecule has 0 saturated heterocycles. The molecule has 0 aliphatic carbocycles. The molecule has 0 amide bonds. The molecule has 6 nitrogen and oxygen atoms in total. The highest BCUT2D eigenvalue weighted by Crippen LogP contribution is 2.32. The molecule has 0 bridgehead atoms. The fraction of sp³-hybridized carbons (Fsp3) is 0.150. The maximum absolute atomic E-state index is 14.6. The lowest BCUT2D eigenvalue weighted by Crippen LogP contribution is -2.06. The van der Waals surface area contributed by atoms with Crippen LogP contribution in [0.4, 0.5) is 15.8 Å². The molecule has 27 heavy (non-hydrogen) atoms. The SMILES string of the molecule is COC(=O)c1cccc(Nc2cc(C#N)cc(-c3c(C)noc3C)c2)c1F. The molecule has 0 atom stereocenters.